The molecule has 0 bridgehead atoms. The Morgan fingerprint density at radius 3 is 2.50 bits per heavy atom. The van der Waals surface area contributed by atoms with Crippen LogP contribution in [0.5, 0.6) is 0 Å². The van der Waals surface area contributed by atoms with Gasteiger partial charge in [-0.15, -0.1) is 0 Å². The van der Waals surface area contributed by atoms with Crippen LogP contribution in [0.3, 0.4) is 0 Å². The van der Waals surface area contributed by atoms with Gasteiger partial charge in [0.2, 0.25) is 0 Å². The Balaban J connectivity index is 3.21. The lowest BCUT2D eigenvalue weighted by molar-refractivity contribution is 0.0691. The Bertz CT molecular complexity index is 561. The van der Waals surface area contributed by atoms with Gasteiger partial charge in [0.25, 0.3) is 0 Å². The highest BCUT2D eigenvalue weighted by Gasteiger charge is 2.20. The quantitative estimate of drug-likeness (QED) is 0.468. The van der Waals surface area contributed by atoms with Crippen molar-refractivity contribution in [3.8, 4) is 0 Å². The number of halogens is 3. The number of hydrogen-bond donors (Lipinski definition) is 2. The van der Waals surface area contributed by atoms with Crippen molar-refractivity contribution in [2.24, 2.45) is 11.0 Å². The van der Waals surface area contributed by atoms with E-state index in [0.717, 1.165) is 12.1 Å². The molecule has 5 nitrogen and oxygen atoms in total. The molecule has 0 aliphatic heterocycles. The Labute approximate surface area is 131 Å². The van der Waals surface area contributed by atoms with Crippen molar-refractivity contribution in [1.82, 2.24) is 4.98 Å². The fraction of sp³-hybridized carbons (Fsp3) is 0.417. The molecule has 1 aromatic heterocycles. The summed E-state index contributed by atoms with van der Waals surface area (Å²) >= 11 is 17.7. The number of pyridine rings is 1. The molecule has 0 spiro atoms. The summed E-state index contributed by atoms with van der Waals surface area (Å²) in [5.74, 6) is -1.02. The van der Waals surface area contributed by atoms with E-state index in [2.05, 4.69) is 15.5 Å². The lowest BCUT2D eigenvalue weighted by Crippen LogP contribution is -2.09. The highest BCUT2D eigenvalue weighted by molar-refractivity contribution is 6.46. The smallest absolute Gasteiger partial charge is 0.356 e. The number of rotatable bonds is 5. The van der Waals surface area contributed by atoms with Crippen LogP contribution in [0.1, 0.15) is 37.7 Å². The molecular weight excluding hydrogens is 325 g/mol. The van der Waals surface area contributed by atoms with Gasteiger partial charge in [0.1, 0.15) is 10.0 Å². The van der Waals surface area contributed by atoms with Crippen LogP contribution in [-0.2, 0) is 0 Å². The monoisotopic (exact) mass is 337 g/mol. The van der Waals surface area contributed by atoms with Crippen LogP contribution < -0.4 is 5.43 Å². The summed E-state index contributed by atoms with van der Waals surface area (Å²) in [6, 6.07) is 0. The minimum absolute atomic E-state index is 0.0300. The van der Waals surface area contributed by atoms with Crippen molar-refractivity contribution >= 4 is 52.2 Å². The van der Waals surface area contributed by atoms with Crippen LogP contribution in [0.15, 0.2) is 5.10 Å². The van der Waals surface area contributed by atoms with Crippen LogP contribution in [-0.4, -0.2) is 21.8 Å². The van der Waals surface area contributed by atoms with Crippen molar-refractivity contribution in [3.63, 3.8) is 0 Å². The molecule has 0 unspecified atom stereocenters. The Kier molecular flexibility index (Phi) is 6.05. The van der Waals surface area contributed by atoms with Crippen LogP contribution >= 0.6 is 34.8 Å². The van der Waals surface area contributed by atoms with Gasteiger partial charge < -0.3 is 5.11 Å². The van der Waals surface area contributed by atoms with E-state index in [9.17, 15) is 4.79 Å². The van der Waals surface area contributed by atoms with Gasteiger partial charge in [-0.25, -0.2) is 9.78 Å². The summed E-state index contributed by atoms with van der Waals surface area (Å²) < 4.78 is 0. The van der Waals surface area contributed by atoms with E-state index in [4.69, 9.17) is 39.9 Å². The predicted octanol–water partition coefficient (Wildman–Crippen LogP) is 4.57. The van der Waals surface area contributed by atoms with Crippen molar-refractivity contribution in [2.75, 3.05) is 5.43 Å². The van der Waals surface area contributed by atoms with Crippen molar-refractivity contribution in [1.29, 1.82) is 0 Å². The number of hydrazone groups is 1. The topological polar surface area (TPSA) is 74.6 Å². The first-order valence-corrected chi connectivity index (χ1v) is 7.00. The fourth-order valence-corrected chi connectivity index (χ4v) is 1.97. The van der Waals surface area contributed by atoms with Gasteiger partial charge >= 0.3 is 5.97 Å². The Hall–Kier alpha value is -1.04. The third-order valence-corrected chi connectivity index (χ3v) is 4.02. The number of aromatic nitrogens is 1. The number of carboxylic acids is 1. The van der Waals surface area contributed by atoms with Crippen molar-refractivity contribution in [2.45, 2.75) is 27.2 Å². The van der Waals surface area contributed by atoms with Gasteiger partial charge in [0.15, 0.2) is 10.8 Å². The highest BCUT2D eigenvalue weighted by Crippen LogP contribution is 2.36. The second-order valence-corrected chi connectivity index (χ2v) is 5.35. The number of carboxylic acid groups (broad SMARTS) is 1. The second-order valence-electron chi connectivity index (χ2n) is 4.23. The molecule has 1 heterocycles. The second kappa shape index (κ2) is 7.11. The van der Waals surface area contributed by atoms with Gasteiger partial charge in [0, 0.05) is 5.71 Å². The van der Waals surface area contributed by atoms with E-state index >= 15 is 0 Å². The van der Waals surface area contributed by atoms with E-state index in [1.54, 1.807) is 0 Å². The van der Waals surface area contributed by atoms with Crippen LogP contribution in [0.4, 0.5) is 5.69 Å². The molecule has 0 aliphatic carbocycles. The first-order valence-electron chi connectivity index (χ1n) is 5.87. The molecule has 0 aromatic carbocycles. The molecule has 110 valence electrons. The van der Waals surface area contributed by atoms with E-state index < -0.39 is 5.97 Å². The van der Waals surface area contributed by atoms with Crippen molar-refractivity contribution < 1.29 is 9.90 Å². The summed E-state index contributed by atoms with van der Waals surface area (Å²) in [5, 5.41) is 12.9. The van der Waals surface area contributed by atoms with E-state index in [1.165, 1.54) is 0 Å². The summed E-state index contributed by atoms with van der Waals surface area (Å²) in [4.78, 5) is 14.6. The number of anilines is 1. The molecule has 0 fully saturated rings. The molecule has 2 N–H and O–H groups in total. The molecule has 0 amide bonds. The number of nitrogens with zero attached hydrogens (tertiary/aromatic N) is 2. The molecule has 8 heteroatoms. The maximum atomic E-state index is 11.0. The number of nitrogens with one attached hydrogen (secondary N) is 1. The average molecular weight is 339 g/mol. The number of carbonyl (C=O) groups is 1. The standard InChI is InChI=1S/C12H14Cl3N3O2/c1-4-5(2)6(3)17-18-9-7(13)10(12(19)20)16-11(15)8(9)14/h5H,4H2,1-3H3,(H,16,18)(H,19,20)/b17-6-/t5-/m1/s1. The van der Waals surface area contributed by atoms with Gasteiger partial charge in [-0.05, 0) is 19.3 Å². The highest BCUT2D eigenvalue weighted by atomic mass is 35.5. The van der Waals surface area contributed by atoms with Gasteiger partial charge in [0.05, 0.1) is 5.69 Å². The lowest BCUT2D eigenvalue weighted by atomic mass is 10.1. The minimum atomic E-state index is -1.29. The summed E-state index contributed by atoms with van der Waals surface area (Å²) in [5.41, 5.74) is 3.26. The first-order chi connectivity index (χ1) is 9.29. The van der Waals surface area contributed by atoms with E-state index in [-0.39, 0.29) is 32.5 Å². The predicted molar refractivity (Wildman–Crippen MR) is 82.4 cm³/mol. The minimum Gasteiger partial charge on any atom is -0.476 e. The van der Waals surface area contributed by atoms with Gasteiger partial charge in [-0.1, -0.05) is 48.7 Å². The maximum absolute atomic E-state index is 11.0. The molecule has 1 atom stereocenters. The molecule has 20 heavy (non-hydrogen) atoms. The third kappa shape index (κ3) is 3.75. The zero-order valence-corrected chi connectivity index (χ0v) is 13.4. The Morgan fingerprint density at radius 2 is 2.00 bits per heavy atom. The zero-order valence-electron chi connectivity index (χ0n) is 11.2. The average Bonchev–Trinajstić information content (AvgIpc) is 2.41. The zero-order chi connectivity index (χ0) is 15.4. The SMILES string of the molecule is CC[C@@H](C)/C(C)=N\Nc1c(Cl)c(Cl)nc(C(=O)O)c1Cl. The summed E-state index contributed by atoms with van der Waals surface area (Å²) in [7, 11) is 0. The summed E-state index contributed by atoms with van der Waals surface area (Å²) in [6.45, 7) is 5.91. The number of aromatic carboxylic acids is 1. The third-order valence-electron chi connectivity index (χ3n) is 2.91. The lowest BCUT2D eigenvalue weighted by Gasteiger charge is -2.12. The molecule has 0 aliphatic rings. The van der Waals surface area contributed by atoms with Crippen molar-refractivity contribution in [3.05, 3.63) is 20.9 Å². The fourth-order valence-electron chi connectivity index (χ4n) is 1.30. The molecule has 0 saturated heterocycles. The van der Waals surface area contributed by atoms with Crippen LogP contribution in [0, 0.1) is 5.92 Å². The van der Waals surface area contributed by atoms with E-state index in [0.29, 0.717) is 0 Å². The van der Waals surface area contributed by atoms with Crippen LogP contribution in [0.25, 0.3) is 0 Å². The van der Waals surface area contributed by atoms with Crippen LogP contribution in [0.2, 0.25) is 15.2 Å². The van der Waals surface area contributed by atoms with Gasteiger partial charge in [-0.2, -0.15) is 5.10 Å². The largest absolute Gasteiger partial charge is 0.476 e. The number of hydrogen-bond acceptors (Lipinski definition) is 4. The molecule has 0 saturated carbocycles. The summed E-state index contributed by atoms with van der Waals surface area (Å²) in [6.07, 6.45) is 0.927. The Morgan fingerprint density at radius 1 is 1.40 bits per heavy atom. The first kappa shape index (κ1) is 17.0. The normalized spacial score (nSPS) is 13.2. The molecule has 1 rings (SSSR count). The molecule has 0 radical (unpaired) electrons. The molecule has 1 aromatic rings. The maximum Gasteiger partial charge on any atom is 0.356 e. The molecular formula is C12H14Cl3N3O2. The van der Waals surface area contributed by atoms with E-state index in [1.807, 2.05) is 20.8 Å². The van der Waals surface area contributed by atoms with Gasteiger partial charge in [-0.3, -0.25) is 5.43 Å².